The first-order chi connectivity index (χ1) is 7.69. The zero-order valence-corrected chi connectivity index (χ0v) is 8.64. The Hall–Kier alpha value is -2.02. The number of ether oxygens (including phenoxy) is 1. The van der Waals surface area contributed by atoms with Crippen LogP contribution in [0.5, 0.6) is 5.75 Å². The van der Waals surface area contributed by atoms with Gasteiger partial charge in [-0.2, -0.15) is 5.26 Å². The van der Waals surface area contributed by atoms with Gasteiger partial charge in [-0.05, 0) is 42.5 Å². The number of nitriles is 1. The normalized spacial score (nSPS) is 18.3. The summed E-state index contributed by atoms with van der Waals surface area (Å²) in [5.41, 5.74) is 2.21. The predicted octanol–water partition coefficient (Wildman–Crippen LogP) is 2.37. The Morgan fingerprint density at radius 2 is 2.31 bits per heavy atom. The summed E-state index contributed by atoms with van der Waals surface area (Å²) in [5.74, 6) is 0.431. The van der Waals surface area contributed by atoms with Crippen molar-refractivity contribution in [1.82, 2.24) is 0 Å². The minimum atomic E-state index is -1.30. The van der Waals surface area contributed by atoms with Gasteiger partial charge in [-0.3, -0.25) is 0 Å². The zero-order valence-electron chi connectivity index (χ0n) is 8.64. The van der Waals surface area contributed by atoms with Gasteiger partial charge in [-0.25, -0.2) is 4.79 Å². The Morgan fingerprint density at radius 3 is 3.00 bits per heavy atom. The second kappa shape index (κ2) is 4.23. The molecule has 2 rings (SSSR count). The largest absolute Gasteiger partial charge is 0.511 e. The van der Waals surface area contributed by atoms with E-state index in [1.54, 1.807) is 12.1 Å². The van der Waals surface area contributed by atoms with Crippen molar-refractivity contribution in [1.29, 1.82) is 5.26 Å². The summed E-state index contributed by atoms with van der Waals surface area (Å²) >= 11 is 0. The van der Waals surface area contributed by atoms with Crippen LogP contribution in [-0.2, 0) is 12.8 Å². The maximum atomic E-state index is 10.4. The molecular formula is C12H11NO3. The van der Waals surface area contributed by atoms with Crippen molar-refractivity contribution in [2.75, 3.05) is 0 Å². The fourth-order valence-corrected chi connectivity index (χ4v) is 2.01. The molecule has 0 aliphatic heterocycles. The Balaban J connectivity index is 2.22. The number of carboxylic acid groups (broad SMARTS) is 1. The van der Waals surface area contributed by atoms with Gasteiger partial charge in [-0.1, -0.05) is 6.07 Å². The van der Waals surface area contributed by atoms with E-state index in [9.17, 15) is 4.79 Å². The lowest BCUT2D eigenvalue weighted by atomic mass is 9.85. The third kappa shape index (κ3) is 2.14. The lowest BCUT2D eigenvalue weighted by Gasteiger charge is -2.19. The molecule has 0 spiro atoms. The summed E-state index contributed by atoms with van der Waals surface area (Å²) in [5, 5.41) is 17.3. The SMILES string of the molecule is N#CC1CCc2cc(OC(=O)O)ccc2C1. The molecule has 0 aromatic heterocycles. The molecule has 4 heteroatoms. The van der Waals surface area contributed by atoms with E-state index in [0.717, 1.165) is 30.4 Å². The third-order valence-corrected chi connectivity index (χ3v) is 2.79. The highest BCUT2D eigenvalue weighted by atomic mass is 16.7. The van der Waals surface area contributed by atoms with Crippen LogP contribution < -0.4 is 4.74 Å². The molecule has 1 atom stereocenters. The Labute approximate surface area is 93.1 Å². The standard InChI is InChI=1S/C12H11NO3/c13-7-8-1-2-10-6-11(16-12(14)15)4-3-9(10)5-8/h3-4,6,8H,1-2,5H2,(H,14,15). The first kappa shape index (κ1) is 10.5. The van der Waals surface area contributed by atoms with Crippen molar-refractivity contribution < 1.29 is 14.6 Å². The molecule has 0 bridgehead atoms. The Kier molecular flexibility index (Phi) is 2.78. The maximum Gasteiger partial charge on any atom is 0.511 e. The van der Waals surface area contributed by atoms with E-state index in [1.807, 2.05) is 6.07 Å². The van der Waals surface area contributed by atoms with Gasteiger partial charge in [0.1, 0.15) is 5.75 Å². The van der Waals surface area contributed by atoms with Crippen LogP contribution in [0.4, 0.5) is 4.79 Å². The predicted molar refractivity (Wildman–Crippen MR) is 56.2 cm³/mol. The highest BCUT2D eigenvalue weighted by Crippen LogP contribution is 2.28. The van der Waals surface area contributed by atoms with Crippen LogP contribution in [0.3, 0.4) is 0 Å². The summed E-state index contributed by atoms with van der Waals surface area (Å²) in [4.78, 5) is 10.4. The van der Waals surface area contributed by atoms with E-state index in [2.05, 4.69) is 10.8 Å². The molecule has 0 fully saturated rings. The smallest absolute Gasteiger partial charge is 0.449 e. The number of carbonyl (C=O) groups is 1. The molecule has 4 nitrogen and oxygen atoms in total. The summed E-state index contributed by atoms with van der Waals surface area (Å²) in [6.45, 7) is 0. The number of benzene rings is 1. The molecule has 0 saturated heterocycles. The molecule has 0 amide bonds. The topological polar surface area (TPSA) is 70.3 Å². The first-order valence-electron chi connectivity index (χ1n) is 5.11. The number of rotatable bonds is 1. The van der Waals surface area contributed by atoms with Gasteiger partial charge >= 0.3 is 6.16 Å². The average Bonchev–Trinajstić information content (AvgIpc) is 2.27. The average molecular weight is 217 g/mol. The van der Waals surface area contributed by atoms with Crippen molar-refractivity contribution in [2.24, 2.45) is 5.92 Å². The summed E-state index contributed by atoms with van der Waals surface area (Å²) in [6, 6.07) is 7.49. The van der Waals surface area contributed by atoms with Crippen molar-refractivity contribution in [3.63, 3.8) is 0 Å². The summed E-state index contributed by atoms with van der Waals surface area (Å²) < 4.78 is 4.59. The lowest BCUT2D eigenvalue weighted by molar-refractivity contribution is 0.144. The minimum absolute atomic E-state index is 0.0822. The van der Waals surface area contributed by atoms with Crippen molar-refractivity contribution in [3.8, 4) is 11.8 Å². The van der Waals surface area contributed by atoms with Crippen LogP contribution in [0.25, 0.3) is 0 Å². The molecule has 1 N–H and O–H groups in total. The molecule has 1 aromatic rings. The molecule has 0 saturated carbocycles. The van der Waals surface area contributed by atoms with Crippen molar-refractivity contribution >= 4 is 6.16 Å². The van der Waals surface area contributed by atoms with Crippen molar-refractivity contribution in [2.45, 2.75) is 19.3 Å². The molecule has 82 valence electrons. The Bertz CT molecular complexity index is 462. The number of fused-ring (bicyclic) bond motifs is 1. The van der Waals surface area contributed by atoms with Gasteiger partial charge in [0.15, 0.2) is 0 Å². The molecule has 1 unspecified atom stereocenters. The van der Waals surface area contributed by atoms with E-state index in [0.29, 0.717) is 5.75 Å². The highest BCUT2D eigenvalue weighted by Gasteiger charge is 2.18. The second-order valence-corrected chi connectivity index (χ2v) is 3.87. The van der Waals surface area contributed by atoms with Crippen LogP contribution >= 0.6 is 0 Å². The number of nitrogens with zero attached hydrogens (tertiary/aromatic N) is 1. The molecule has 1 aromatic carbocycles. The van der Waals surface area contributed by atoms with E-state index < -0.39 is 6.16 Å². The molecule has 1 aliphatic carbocycles. The fourth-order valence-electron chi connectivity index (χ4n) is 2.01. The van der Waals surface area contributed by atoms with Crippen LogP contribution in [0.1, 0.15) is 17.5 Å². The summed E-state index contributed by atoms with van der Waals surface area (Å²) in [6.07, 6.45) is 1.09. The minimum Gasteiger partial charge on any atom is -0.449 e. The molecular weight excluding hydrogens is 206 g/mol. The van der Waals surface area contributed by atoms with Crippen LogP contribution in [0.2, 0.25) is 0 Å². The third-order valence-electron chi connectivity index (χ3n) is 2.79. The quantitative estimate of drug-likeness (QED) is 0.579. The van der Waals surface area contributed by atoms with E-state index in [4.69, 9.17) is 10.4 Å². The van der Waals surface area contributed by atoms with E-state index >= 15 is 0 Å². The fraction of sp³-hybridized carbons (Fsp3) is 0.333. The first-order valence-corrected chi connectivity index (χ1v) is 5.11. The number of aryl methyl sites for hydroxylation is 1. The van der Waals surface area contributed by atoms with Gasteiger partial charge in [0.25, 0.3) is 0 Å². The van der Waals surface area contributed by atoms with E-state index in [1.165, 1.54) is 0 Å². The van der Waals surface area contributed by atoms with Crippen LogP contribution in [0, 0.1) is 17.2 Å². The van der Waals surface area contributed by atoms with Gasteiger partial charge in [0, 0.05) is 0 Å². The molecule has 0 heterocycles. The van der Waals surface area contributed by atoms with Gasteiger partial charge in [0.2, 0.25) is 0 Å². The van der Waals surface area contributed by atoms with Crippen LogP contribution in [0.15, 0.2) is 18.2 Å². The van der Waals surface area contributed by atoms with Gasteiger partial charge in [-0.15, -0.1) is 0 Å². The van der Waals surface area contributed by atoms with Crippen molar-refractivity contribution in [3.05, 3.63) is 29.3 Å². The van der Waals surface area contributed by atoms with Crippen LogP contribution in [-0.4, -0.2) is 11.3 Å². The van der Waals surface area contributed by atoms with Gasteiger partial charge in [0.05, 0.1) is 12.0 Å². The zero-order chi connectivity index (χ0) is 11.5. The maximum absolute atomic E-state index is 10.4. The summed E-state index contributed by atoms with van der Waals surface area (Å²) in [7, 11) is 0. The van der Waals surface area contributed by atoms with Gasteiger partial charge < -0.3 is 9.84 Å². The lowest BCUT2D eigenvalue weighted by Crippen LogP contribution is -2.13. The van der Waals surface area contributed by atoms with E-state index in [-0.39, 0.29) is 5.92 Å². The molecule has 1 aliphatic rings. The monoisotopic (exact) mass is 217 g/mol. The Morgan fingerprint density at radius 1 is 1.50 bits per heavy atom. The highest BCUT2D eigenvalue weighted by molar-refractivity contribution is 5.61. The molecule has 0 radical (unpaired) electrons. The molecule has 16 heavy (non-hydrogen) atoms. The number of hydrogen-bond acceptors (Lipinski definition) is 3. The number of hydrogen-bond donors (Lipinski definition) is 1. The second-order valence-electron chi connectivity index (χ2n) is 3.87.